The van der Waals surface area contributed by atoms with Crippen LogP contribution in [0.3, 0.4) is 0 Å². The fourth-order valence-corrected chi connectivity index (χ4v) is 2.27. The van der Waals surface area contributed by atoms with E-state index in [1.165, 1.54) is 12.1 Å². The number of amides is 2. The van der Waals surface area contributed by atoms with Crippen molar-refractivity contribution in [3.05, 3.63) is 28.8 Å². The van der Waals surface area contributed by atoms with Gasteiger partial charge in [-0.3, -0.25) is 9.59 Å². The van der Waals surface area contributed by atoms with Crippen LogP contribution >= 0.6 is 0 Å². The van der Waals surface area contributed by atoms with E-state index < -0.39 is 11.8 Å². The topological polar surface area (TPSA) is 112 Å². The van der Waals surface area contributed by atoms with Gasteiger partial charge in [-0.25, -0.2) is 0 Å². The molecule has 0 saturated carbocycles. The first-order valence-electron chi connectivity index (χ1n) is 6.39. The monoisotopic (exact) mass is 263 g/mol. The molecule has 0 fully saturated rings. The van der Waals surface area contributed by atoms with Crippen LogP contribution in [0.25, 0.3) is 0 Å². The van der Waals surface area contributed by atoms with Crippen molar-refractivity contribution < 1.29 is 9.59 Å². The summed E-state index contributed by atoms with van der Waals surface area (Å²) in [6.07, 6.45) is 2.67. The maximum Gasteiger partial charge on any atom is 0.250 e. The molecule has 104 valence electrons. The zero-order chi connectivity index (χ0) is 14.6. The summed E-state index contributed by atoms with van der Waals surface area (Å²) in [5, 5.41) is 0. The van der Waals surface area contributed by atoms with Crippen molar-refractivity contribution in [3.8, 4) is 0 Å². The van der Waals surface area contributed by atoms with E-state index in [2.05, 4.69) is 13.8 Å². The van der Waals surface area contributed by atoms with Crippen molar-refractivity contribution in [3.63, 3.8) is 0 Å². The molecule has 0 saturated heterocycles. The normalized spacial score (nSPS) is 12.1. The first-order valence-corrected chi connectivity index (χ1v) is 6.39. The Labute approximate surface area is 113 Å². The number of hydrogen-bond donors (Lipinski definition) is 3. The molecule has 0 aliphatic carbocycles. The highest BCUT2D eigenvalue weighted by molar-refractivity contribution is 6.02. The van der Waals surface area contributed by atoms with E-state index in [0.29, 0.717) is 23.5 Å². The van der Waals surface area contributed by atoms with Gasteiger partial charge in [0.2, 0.25) is 5.91 Å². The summed E-state index contributed by atoms with van der Waals surface area (Å²) in [5.41, 5.74) is 18.1. The summed E-state index contributed by atoms with van der Waals surface area (Å²) in [7, 11) is 0. The molecule has 1 aromatic carbocycles. The number of rotatable bonds is 6. The SMILES string of the molecule is CCCC(C)Cc1c(C(N)=O)ccc(C(N)=O)c1N. The van der Waals surface area contributed by atoms with Crippen molar-refractivity contribution in [1.29, 1.82) is 0 Å². The summed E-state index contributed by atoms with van der Waals surface area (Å²) >= 11 is 0. The molecule has 2 amide bonds. The number of anilines is 1. The van der Waals surface area contributed by atoms with Crippen molar-refractivity contribution in [1.82, 2.24) is 0 Å². The molecular weight excluding hydrogens is 242 g/mol. The molecule has 6 N–H and O–H groups in total. The Kier molecular flexibility index (Phi) is 4.92. The van der Waals surface area contributed by atoms with Gasteiger partial charge in [-0.05, 0) is 30.0 Å². The van der Waals surface area contributed by atoms with E-state index >= 15 is 0 Å². The number of primary amides is 2. The molecule has 0 radical (unpaired) electrons. The van der Waals surface area contributed by atoms with Crippen LogP contribution in [-0.4, -0.2) is 11.8 Å². The number of nitrogens with two attached hydrogens (primary N) is 3. The molecule has 1 aromatic rings. The molecule has 19 heavy (non-hydrogen) atoms. The summed E-state index contributed by atoms with van der Waals surface area (Å²) < 4.78 is 0. The van der Waals surface area contributed by atoms with Gasteiger partial charge in [0.05, 0.1) is 5.56 Å². The minimum absolute atomic E-state index is 0.240. The lowest BCUT2D eigenvalue weighted by Crippen LogP contribution is -2.20. The predicted molar refractivity (Wildman–Crippen MR) is 75.7 cm³/mol. The second-order valence-corrected chi connectivity index (χ2v) is 4.88. The van der Waals surface area contributed by atoms with Crippen molar-refractivity contribution in [2.45, 2.75) is 33.1 Å². The number of nitrogen functional groups attached to an aromatic ring is 1. The van der Waals surface area contributed by atoms with Crippen LogP contribution in [0.4, 0.5) is 5.69 Å². The van der Waals surface area contributed by atoms with Gasteiger partial charge in [-0.2, -0.15) is 0 Å². The molecule has 1 atom stereocenters. The van der Waals surface area contributed by atoms with Gasteiger partial charge in [0.25, 0.3) is 5.91 Å². The Morgan fingerprint density at radius 1 is 1.16 bits per heavy atom. The lowest BCUT2D eigenvalue weighted by Gasteiger charge is -2.16. The van der Waals surface area contributed by atoms with Crippen LogP contribution in [0.5, 0.6) is 0 Å². The fourth-order valence-electron chi connectivity index (χ4n) is 2.27. The minimum Gasteiger partial charge on any atom is -0.398 e. The summed E-state index contributed by atoms with van der Waals surface area (Å²) in [4.78, 5) is 22.7. The van der Waals surface area contributed by atoms with Crippen LogP contribution in [0, 0.1) is 5.92 Å². The maximum atomic E-state index is 11.4. The van der Waals surface area contributed by atoms with Crippen LogP contribution in [0.1, 0.15) is 53.0 Å². The average molecular weight is 263 g/mol. The summed E-state index contributed by atoms with van der Waals surface area (Å²) in [6, 6.07) is 2.97. The lowest BCUT2D eigenvalue weighted by molar-refractivity contribution is 0.0988. The van der Waals surface area contributed by atoms with Gasteiger partial charge in [0, 0.05) is 11.3 Å². The van der Waals surface area contributed by atoms with Crippen molar-refractivity contribution >= 4 is 17.5 Å². The molecule has 5 nitrogen and oxygen atoms in total. The number of carbonyl (C=O) groups is 2. The number of benzene rings is 1. The van der Waals surface area contributed by atoms with Crippen LogP contribution < -0.4 is 17.2 Å². The van der Waals surface area contributed by atoms with Crippen molar-refractivity contribution in [2.24, 2.45) is 17.4 Å². The van der Waals surface area contributed by atoms with E-state index in [0.717, 1.165) is 12.8 Å². The Morgan fingerprint density at radius 2 is 1.68 bits per heavy atom. The van der Waals surface area contributed by atoms with Gasteiger partial charge in [0.15, 0.2) is 0 Å². The van der Waals surface area contributed by atoms with Crippen LogP contribution in [-0.2, 0) is 6.42 Å². The number of carbonyl (C=O) groups excluding carboxylic acids is 2. The highest BCUT2D eigenvalue weighted by Gasteiger charge is 2.18. The van der Waals surface area contributed by atoms with Gasteiger partial charge in [0.1, 0.15) is 0 Å². The smallest absolute Gasteiger partial charge is 0.250 e. The zero-order valence-corrected chi connectivity index (χ0v) is 11.4. The molecule has 0 aliphatic heterocycles. The third kappa shape index (κ3) is 3.47. The highest BCUT2D eigenvalue weighted by atomic mass is 16.1. The minimum atomic E-state index is -0.599. The van der Waals surface area contributed by atoms with Crippen molar-refractivity contribution in [2.75, 3.05) is 5.73 Å². The molecule has 0 aromatic heterocycles. The third-order valence-electron chi connectivity index (χ3n) is 3.22. The van der Waals surface area contributed by atoms with Gasteiger partial charge >= 0.3 is 0 Å². The first-order chi connectivity index (χ1) is 8.88. The van der Waals surface area contributed by atoms with Crippen LogP contribution in [0.15, 0.2) is 12.1 Å². The number of hydrogen-bond acceptors (Lipinski definition) is 3. The molecule has 5 heteroatoms. The van der Waals surface area contributed by atoms with Gasteiger partial charge in [-0.1, -0.05) is 26.7 Å². The standard InChI is InChI=1S/C14H21N3O2/c1-3-4-8(2)7-11-9(13(16)18)5-6-10(12(11)15)14(17)19/h5-6,8H,3-4,7,15H2,1-2H3,(H2,16,18)(H2,17,19). The Balaban J connectivity index is 3.26. The molecule has 0 spiro atoms. The summed E-state index contributed by atoms with van der Waals surface area (Å²) in [5.74, 6) is -0.784. The highest BCUT2D eigenvalue weighted by Crippen LogP contribution is 2.26. The van der Waals surface area contributed by atoms with E-state index in [4.69, 9.17) is 17.2 Å². The molecule has 0 aliphatic rings. The van der Waals surface area contributed by atoms with E-state index in [9.17, 15) is 9.59 Å². The van der Waals surface area contributed by atoms with E-state index in [1.807, 2.05) is 0 Å². The van der Waals surface area contributed by atoms with E-state index in [-0.39, 0.29) is 11.3 Å². The Hall–Kier alpha value is -2.04. The first kappa shape index (κ1) is 15.0. The molecule has 1 rings (SSSR count). The average Bonchev–Trinajstić information content (AvgIpc) is 2.31. The molecule has 0 bridgehead atoms. The quantitative estimate of drug-likeness (QED) is 0.675. The Morgan fingerprint density at radius 3 is 2.16 bits per heavy atom. The molecule has 0 heterocycles. The largest absolute Gasteiger partial charge is 0.398 e. The molecule has 1 unspecified atom stereocenters. The summed E-state index contributed by atoms with van der Waals surface area (Å²) in [6.45, 7) is 4.17. The Bertz CT molecular complexity index is 498. The molecular formula is C14H21N3O2. The second kappa shape index (κ2) is 6.22. The van der Waals surface area contributed by atoms with E-state index in [1.54, 1.807) is 0 Å². The van der Waals surface area contributed by atoms with Gasteiger partial charge < -0.3 is 17.2 Å². The maximum absolute atomic E-state index is 11.4. The third-order valence-corrected chi connectivity index (χ3v) is 3.22. The lowest BCUT2D eigenvalue weighted by atomic mass is 9.90. The fraction of sp³-hybridized carbons (Fsp3) is 0.429. The van der Waals surface area contributed by atoms with Gasteiger partial charge in [-0.15, -0.1) is 0 Å². The zero-order valence-electron chi connectivity index (χ0n) is 11.4. The van der Waals surface area contributed by atoms with Crippen LogP contribution in [0.2, 0.25) is 0 Å². The predicted octanol–water partition coefficient (Wildman–Crippen LogP) is 1.45. The second-order valence-electron chi connectivity index (χ2n) is 4.88.